The minimum Gasteiger partial charge on any atom is -0.337 e. The Bertz CT molecular complexity index is 971. The van der Waals surface area contributed by atoms with Crippen LogP contribution in [-0.2, 0) is 0 Å². The zero-order valence-corrected chi connectivity index (χ0v) is 13.9. The minimum absolute atomic E-state index is 0.219. The molecule has 132 valence electrons. The second kappa shape index (κ2) is 6.74. The van der Waals surface area contributed by atoms with Gasteiger partial charge in [-0.15, -0.1) is 0 Å². The molecular formula is C19H16F2N4O. The van der Waals surface area contributed by atoms with Crippen LogP contribution in [0.3, 0.4) is 0 Å². The average Bonchev–Trinajstić information content (AvgIpc) is 2.67. The molecule has 5 nitrogen and oxygen atoms in total. The average molecular weight is 354 g/mol. The molecule has 0 bridgehead atoms. The van der Waals surface area contributed by atoms with Crippen molar-refractivity contribution in [2.24, 2.45) is 0 Å². The van der Waals surface area contributed by atoms with E-state index < -0.39 is 17.5 Å². The van der Waals surface area contributed by atoms with E-state index >= 15 is 0 Å². The summed E-state index contributed by atoms with van der Waals surface area (Å²) < 4.78 is 26.7. The van der Waals surface area contributed by atoms with Crippen LogP contribution in [0.25, 0.3) is 11.0 Å². The number of hydrogen-bond donors (Lipinski definition) is 0. The molecule has 4 heterocycles. The van der Waals surface area contributed by atoms with Crippen molar-refractivity contribution in [1.82, 2.24) is 19.9 Å². The third kappa shape index (κ3) is 3.12. The van der Waals surface area contributed by atoms with E-state index in [0.29, 0.717) is 24.8 Å². The van der Waals surface area contributed by atoms with Crippen LogP contribution in [0.15, 0.2) is 42.7 Å². The normalized spacial score (nSPS) is 15.4. The largest absolute Gasteiger partial charge is 0.337 e. The van der Waals surface area contributed by atoms with Gasteiger partial charge < -0.3 is 4.90 Å². The van der Waals surface area contributed by atoms with Crippen molar-refractivity contribution >= 4 is 16.9 Å². The lowest BCUT2D eigenvalue weighted by Crippen LogP contribution is -2.38. The maximum absolute atomic E-state index is 13.8. The Kier molecular flexibility index (Phi) is 4.28. The second-order valence-corrected chi connectivity index (χ2v) is 6.34. The standard InChI is InChI=1S/C19H16F2N4O/c20-14-10-15(21)17(23-11-14)19(26)25-8-5-12(6-9-25)16-4-3-13-2-1-7-22-18(13)24-16/h1-4,7,10-12H,5-6,8-9H2. The number of hydrogen-bond acceptors (Lipinski definition) is 4. The van der Waals surface area contributed by atoms with Crippen molar-refractivity contribution in [2.45, 2.75) is 18.8 Å². The molecule has 1 saturated heterocycles. The van der Waals surface area contributed by atoms with Gasteiger partial charge in [-0.05, 0) is 37.1 Å². The van der Waals surface area contributed by atoms with Gasteiger partial charge in [0.25, 0.3) is 5.91 Å². The minimum atomic E-state index is -0.931. The van der Waals surface area contributed by atoms with Crippen LogP contribution in [-0.4, -0.2) is 38.8 Å². The maximum Gasteiger partial charge on any atom is 0.275 e. The molecule has 1 fully saturated rings. The highest BCUT2D eigenvalue weighted by Crippen LogP contribution is 2.28. The second-order valence-electron chi connectivity index (χ2n) is 6.34. The third-order valence-electron chi connectivity index (χ3n) is 4.70. The lowest BCUT2D eigenvalue weighted by atomic mass is 9.92. The molecule has 1 aliphatic rings. The Hall–Kier alpha value is -2.96. The molecule has 0 saturated carbocycles. The Labute approximate surface area is 148 Å². The van der Waals surface area contributed by atoms with E-state index in [-0.39, 0.29) is 11.6 Å². The molecule has 0 atom stereocenters. The van der Waals surface area contributed by atoms with Crippen molar-refractivity contribution < 1.29 is 13.6 Å². The molecular weight excluding hydrogens is 338 g/mol. The fourth-order valence-corrected chi connectivity index (χ4v) is 3.30. The first-order chi connectivity index (χ1) is 12.6. The van der Waals surface area contributed by atoms with Gasteiger partial charge in [-0.3, -0.25) is 4.79 Å². The predicted octanol–water partition coefficient (Wildman–Crippen LogP) is 3.32. The van der Waals surface area contributed by atoms with E-state index in [2.05, 4.69) is 15.0 Å². The zero-order valence-electron chi connectivity index (χ0n) is 13.9. The van der Waals surface area contributed by atoms with E-state index in [1.165, 1.54) is 0 Å². The summed E-state index contributed by atoms with van der Waals surface area (Å²) in [5.41, 5.74) is 1.33. The molecule has 26 heavy (non-hydrogen) atoms. The highest BCUT2D eigenvalue weighted by Gasteiger charge is 2.27. The summed E-state index contributed by atoms with van der Waals surface area (Å²) in [7, 11) is 0. The van der Waals surface area contributed by atoms with Crippen LogP contribution in [0, 0.1) is 11.6 Å². The van der Waals surface area contributed by atoms with E-state index in [1.807, 2.05) is 24.3 Å². The number of nitrogens with zero attached hydrogens (tertiary/aromatic N) is 4. The number of likely N-dealkylation sites (tertiary alicyclic amines) is 1. The highest BCUT2D eigenvalue weighted by atomic mass is 19.1. The molecule has 0 unspecified atom stereocenters. The summed E-state index contributed by atoms with van der Waals surface area (Å²) in [4.78, 5) is 26.5. The summed E-state index contributed by atoms with van der Waals surface area (Å²) in [6.45, 7) is 0.952. The first kappa shape index (κ1) is 16.5. The molecule has 3 aromatic heterocycles. The number of aromatic nitrogens is 3. The van der Waals surface area contributed by atoms with Gasteiger partial charge in [0.05, 0.1) is 6.20 Å². The van der Waals surface area contributed by atoms with E-state index in [1.54, 1.807) is 11.1 Å². The van der Waals surface area contributed by atoms with Crippen molar-refractivity contribution in [1.29, 1.82) is 0 Å². The monoisotopic (exact) mass is 354 g/mol. The van der Waals surface area contributed by atoms with E-state index in [0.717, 1.165) is 30.1 Å². The molecule has 3 aromatic rings. The molecule has 0 radical (unpaired) electrons. The Morgan fingerprint density at radius 3 is 2.69 bits per heavy atom. The molecule has 1 amide bonds. The summed E-state index contributed by atoms with van der Waals surface area (Å²) >= 11 is 0. The van der Waals surface area contributed by atoms with Gasteiger partial charge >= 0.3 is 0 Å². The van der Waals surface area contributed by atoms with Gasteiger partial charge in [0.15, 0.2) is 17.2 Å². The summed E-state index contributed by atoms with van der Waals surface area (Å²) in [6.07, 6.45) is 4.01. The Morgan fingerprint density at radius 1 is 1.12 bits per heavy atom. The Balaban J connectivity index is 1.47. The van der Waals surface area contributed by atoms with Gasteiger partial charge in [0, 0.05) is 42.4 Å². The fourth-order valence-electron chi connectivity index (χ4n) is 3.30. The van der Waals surface area contributed by atoms with Crippen LogP contribution in [0.4, 0.5) is 8.78 Å². The number of piperidine rings is 1. The number of fused-ring (bicyclic) bond motifs is 1. The number of amides is 1. The quantitative estimate of drug-likeness (QED) is 0.708. The molecule has 0 N–H and O–H groups in total. The van der Waals surface area contributed by atoms with Crippen LogP contribution in [0.5, 0.6) is 0 Å². The third-order valence-corrected chi connectivity index (χ3v) is 4.70. The zero-order chi connectivity index (χ0) is 18.1. The molecule has 0 spiro atoms. The number of carbonyl (C=O) groups excluding carboxylic acids is 1. The van der Waals surface area contributed by atoms with Crippen molar-refractivity contribution in [2.75, 3.05) is 13.1 Å². The highest BCUT2D eigenvalue weighted by molar-refractivity contribution is 5.92. The van der Waals surface area contributed by atoms with Crippen molar-refractivity contribution in [3.8, 4) is 0 Å². The van der Waals surface area contributed by atoms with Crippen LogP contribution in [0.2, 0.25) is 0 Å². The first-order valence-electron chi connectivity index (χ1n) is 8.44. The summed E-state index contributed by atoms with van der Waals surface area (Å²) in [5, 5.41) is 0.988. The molecule has 0 aromatic carbocycles. The lowest BCUT2D eigenvalue weighted by Gasteiger charge is -2.31. The van der Waals surface area contributed by atoms with Gasteiger partial charge in [0.2, 0.25) is 0 Å². The van der Waals surface area contributed by atoms with Crippen LogP contribution >= 0.6 is 0 Å². The van der Waals surface area contributed by atoms with Crippen molar-refractivity contribution in [3.05, 3.63) is 65.7 Å². The summed E-state index contributed by atoms with van der Waals surface area (Å²) in [6, 6.07) is 8.51. The van der Waals surface area contributed by atoms with Gasteiger partial charge in [-0.25, -0.2) is 23.7 Å². The van der Waals surface area contributed by atoms with Gasteiger partial charge in [-0.2, -0.15) is 0 Å². The fraction of sp³-hybridized carbons (Fsp3) is 0.263. The van der Waals surface area contributed by atoms with Gasteiger partial charge in [0.1, 0.15) is 5.82 Å². The first-order valence-corrected chi connectivity index (χ1v) is 8.44. The smallest absolute Gasteiger partial charge is 0.275 e. The maximum atomic E-state index is 13.8. The van der Waals surface area contributed by atoms with Crippen LogP contribution in [0.1, 0.15) is 34.9 Å². The van der Waals surface area contributed by atoms with E-state index in [4.69, 9.17) is 0 Å². The van der Waals surface area contributed by atoms with Crippen LogP contribution < -0.4 is 0 Å². The van der Waals surface area contributed by atoms with E-state index in [9.17, 15) is 13.6 Å². The topological polar surface area (TPSA) is 59.0 Å². The van der Waals surface area contributed by atoms with Gasteiger partial charge in [-0.1, -0.05) is 0 Å². The molecule has 0 aliphatic carbocycles. The molecule has 7 heteroatoms. The number of halogens is 2. The molecule has 1 aliphatic heterocycles. The number of pyridine rings is 3. The molecule has 4 rings (SSSR count). The van der Waals surface area contributed by atoms with Crippen molar-refractivity contribution in [3.63, 3.8) is 0 Å². The predicted molar refractivity (Wildman–Crippen MR) is 91.6 cm³/mol. The SMILES string of the molecule is O=C(c1ncc(F)cc1F)N1CCC(c2ccc3cccnc3n2)CC1. The number of rotatable bonds is 2. The Morgan fingerprint density at radius 2 is 1.92 bits per heavy atom. The summed E-state index contributed by atoms with van der Waals surface area (Å²) in [5.74, 6) is -2.02. The lowest BCUT2D eigenvalue weighted by molar-refractivity contribution is 0.0700. The number of carbonyl (C=O) groups is 1.